The van der Waals surface area contributed by atoms with Crippen LogP contribution in [0.1, 0.15) is 29.7 Å². The maximum Gasteiger partial charge on any atom is 1.00 e. The summed E-state index contributed by atoms with van der Waals surface area (Å²) in [4.78, 5) is 56.8. The Balaban J connectivity index is 0.000000381. The summed E-state index contributed by atoms with van der Waals surface area (Å²) in [5, 5.41) is 16.9. The minimum atomic E-state index is -4.47. The monoisotopic (exact) mass is 814 g/mol. The van der Waals surface area contributed by atoms with Gasteiger partial charge < -0.3 is 25.1 Å². The molecule has 2 aliphatic heterocycles. The van der Waals surface area contributed by atoms with Crippen LogP contribution < -0.4 is 18.9 Å². The fraction of sp³-hybridized carbons (Fsp3) is 0.333. The number of rotatable bonds is 8. The van der Waals surface area contributed by atoms with E-state index in [4.69, 9.17) is 5.11 Å². The molecule has 0 spiro atoms. The zero-order valence-electron chi connectivity index (χ0n) is 30.7. The third-order valence-electron chi connectivity index (χ3n) is 8.35. The first-order valence-electron chi connectivity index (χ1n) is 16.3. The van der Waals surface area contributed by atoms with Crippen molar-refractivity contribution in [2.75, 3.05) is 33.3 Å². The predicted molar refractivity (Wildman–Crippen MR) is 190 cm³/mol. The van der Waals surface area contributed by atoms with Crippen LogP contribution in [0.4, 0.5) is 26.3 Å². The molecule has 0 radical (unpaired) electrons. The molecule has 22 heteroatoms. The number of aliphatic carboxylic acids is 1. The van der Waals surface area contributed by atoms with Crippen molar-refractivity contribution < 1.29 is 79.7 Å². The maximum atomic E-state index is 13.0. The van der Waals surface area contributed by atoms with E-state index in [1.165, 1.54) is 69.5 Å². The smallest absolute Gasteiger partial charge is 0.870 e. The molecule has 2 aromatic carbocycles. The first-order chi connectivity index (χ1) is 25.8. The number of amides is 2. The fourth-order valence-corrected chi connectivity index (χ4v) is 5.39. The molecule has 0 aliphatic carbocycles. The van der Waals surface area contributed by atoms with Gasteiger partial charge in [0.25, 0.3) is 0 Å². The molecule has 15 nitrogen and oxygen atoms in total. The third kappa shape index (κ3) is 12.1. The first kappa shape index (κ1) is 48.4. The number of alkyl halides is 6. The standard InChI is InChI=1S/C18H17F3N4O3.C17H15F3N4O3.CH4.Li.H2O/c1-11-5-12(7-14(6-11)18(19,20)21)16-22-10-25(23-16)4-3-15(26)24-8-13(9-24)17(27)28-2;1-10-4-11(6-13(5-10)17(18,19)20)15-21-9-24(22-15)3-2-14(25)23-7-12(8-23)16(26)27;;;/h3-7,10,13H,8-9H2,1-2H3;2-6,9,12H,7-8H2,1H3,(H,26,27);1H4;;1H2/q;;;+1;/p-1/b4-3-;3-2-;;;. The molecule has 2 fully saturated rings. The number of carbonyl (C=O) groups is 4. The summed E-state index contributed by atoms with van der Waals surface area (Å²) in [6.45, 7) is 3.95. The molecule has 58 heavy (non-hydrogen) atoms. The van der Waals surface area contributed by atoms with Crippen LogP contribution in [0.25, 0.3) is 35.2 Å². The quantitative estimate of drug-likeness (QED) is 0.119. The van der Waals surface area contributed by atoms with Crippen LogP contribution in [0.3, 0.4) is 0 Å². The van der Waals surface area contributed by atoms with Gasteiger partial charge in [-0.05, 0) is 61.4 Å². The van der Waals surface area contributed by atoms with Crippen LogP contribution in [0.2, 0.25) is 0 Å². The van der Waals surface area contributed by atoms with E-state index in [-0.39, 0.29) is 104 Å². The summed E-state index contributed by atoms with van der Waals surface area (Å²) in [7, 11) is 1.29. The topological polar surface area (TPSA) is 196 Å². The summed E-state index contributed by atoms with van der Waals surface area (Å²) in [6, 6.07) is 7.12. The zero-order valence-corrected chi connectivity index (χ0v) is 30.7. The van der Waals surface area contributed by atoms with Crippen LogP contribution in [-0.4, -0.2) is 107 Å². The Morgan fingerprint density at radius 3 is 1.43 bits per heavy atom. The summed E-state index contributed by atoms with van der Waals surface area (Å²) in [5.41, 5.74) is -0.257. The molecule has 0 atom stereocenters. The van der Waals surface area contributed by atoms with Crippen molar-refractivity contribution in [3.63, 3.8) is 0 Å². The largest absolute Gasteiger partial charge is 1.00 e. The van der Waals surface area contributed by atoms with Crippen LogP contribution in [-0.2, 0) is 36.3 Å². The van der Waals surface area contributed by atoms with Gasteiger partial charge in [0.15, 0.2) is 11.6 Å². The van der Waals surface area contributed by atoms with Crippen molar-refractivity contribution in [3.05, 3.63) is 83.5 Å². The SMILES string of the molecule is C.COC(=O)C1CN(C(=O)/C=C\n2cnc(-c3cc(C)cc(C(F)(F)F)c3)n2)C1.Cc1cc(-c2ncn(/C=C\C(=O)N3CC(C(=O)O)C3)n2)cc(C(F)(F)F)c1.[Li+].[OH-]. The number of halogens is 6. The molecule has 0 saturated carbocycles. The van der Waals surface area contributed by atoms with Crippen molar-refractivity contribution in [3.8, 4) is 22.8 Å². The molecule has 0 unspecified atom stereocenters. The number of ether oxygens (including phenoxy) is 1. The van der Waals surface area contributed by atoms with Crippen LogP contribution in [0.15, 0.2) is 61.2 Å². The molecule has 2 N–H and O–H groups in total. The second-order valence-corrected chi connectivity index (χ2v) is 12.6. The first-order valence-corrected chi connectivity index (χ1v) is 16.3. The molecule has 6 rings (SSSR count). The number of likely N-dealkylation sites (tertiary alicyclic amines) is 2. The number of carboxylic acid groups (broad SMARTS) is 1. The number of nitrogens with zero attached hydrogens (tertiary/aromatic N) is 8. The van der Waals surface area contributed by atoms with Crippen molar-refractivity contribution in [1.29, 1.82) is 0 Å². The molecule has 4 aromatic rings. The summed E-state index contributed by atoms with van der Waals surface area (Å²) in [6.07, 6.45) is -1.25. The van der Waals surface area contributed by atoms with Crippen LogP contribution >= 0.6 is 0 Å². The van der Waals surface area contributed by atoms with Gasteiger partial charge in [-0.2, -0.15) is 26.3 Å². The Morgan fingerprint density at radius 1 is 0.707 bits per heavy atom. The molecule has 306 valence electrons. The van der Waals surface area contributed by atoms with Crippen molar-refractivity contribution >= 4 is 36.2 Å². The van der Waals surface area contributed by atoms with Gasteiger partial charge in [0.05, 0.1) is 30.1 Å². The van der Waals surface area contributed by atoms with Crippen LogP contribution in [0, 0.1) is 25.7 Å². The summed E-state index contributed by atoms with van der Waals surface area (Å²) >= 11 is 0. The van der Waals surface area contributed by atoms with Gasteiger partial charge in [0, 0.05) is 61.9 Å². The average Bonchev–Trinajstić information content (AvgIpc) is 3.74. The number of hydrogen-bond donors (Lipinski definition) is 1. The Morgan fingerprint density at radius 2 is 1.09 bits per heavy atom. The van der Waals surface area contributed by atoms with Gasteiger partial charge in [-0.1, -0.05) is 7.43 Å². The number of carbonyl (C=O) groups excluding carboxylic acids is 3. The van der Waals surface area contributed by atoms with E-state index in [1.54, 1.807) is 19.9 Å². The fourth-order valence-electron chi connectivity index (χ4n) is 5.39. The predicted octanol–water partition coefficient (Wildman–Crippen LogP) is 2.12. The second-order valence-electron chi connectivity index (χ2n) is 12.6. The van der Waals surface area contributed by atoms with Crippen molar-refractivity contribution in [2.45, 2.75) is 33.6 Å². The number of benzene rings is 2. The molecular formula is C36H37F6LiN8O7. The number of esters is 1. The Hall–Kier alpha value is -5.78. The van der Waals surface area contributed by atoms with Gasteiger partial charge >= 0.3 is 43.2 Å². The Bertz CT molecular complexity index is 2160. The molecule has 2 amide bonds. The van der Waals surface area contributed by atoms with E-state index in [1.807, 2.05) is 0 Å². The number of hydrogen-bond acceptors (Lipinski definition) is 10. The molecule has 2 aliphatic rings. The Kier molecular flexibility index (Phi) is 16.3. The molecule has 0 bridgehead atoms. The molecule has 4 heterocycles. The van der Waals surface area contributed by atoms with E-state index in [2.05, 4.69) is 24.9 Å². The van der Waals surface area contributed by atoms with E-state index in [0.29, 0.717) is 11.1 Å². The van der Waals surface area contributed by atoms with E-state index in [0.717, 1.165) is 24.3 Å². The number of methoxy groups -OCH3 is 1. The number of aromatic nitrogens is 6. The minimum Gasteiger partial charge on any atom is -0.870 e. The van der Waals surface area contributed by atoms with Crippen LogP contribution in [0.5, 0.6) is 0 Å². The van der Waals surface area contributed by atoms with Gasteiger partial charge in [0.1, 0.15) is 12.7 Å². The summed E-state index contributed by atoms with van der Waals surface area (Å²) in [5.74, 6) is -2.65. The second kappa shape index (κ2) is 19.6. The summed E-state index contributed by atoms with van der Waals surface area (Å²) < 4.78 is 84.7. The molecular weight excluding hydrogens is 777 g/mol. The zero-order chi connectivity index (χ0) is 40.2. The maximum absolute atomic E-state index is 13.0. The van der Waals surface area contributed by atoms with Crippen molar-refractivity contribution in [1.82, 2.24) is 39.3 Å². The van der Waals surface area contributed by atoms with Crippen molar-refractivity contribution in [2.24, 2.45) is 11.8 Å². The van der Waals surface area contributed by atoms with Gasteiger partial charge in [-0.25, -0.2) is 19.3 Å². The minimum absolute atomic E-state index is 0. The number of aryl methyl sites for hydroxylation is 2. The van der Waals surface area contributed by atoms with Gasteiger partial charge in [-0.3, -0.25) is 19.2 Å². The average molecular weight is 815 g/mol. The number of carboxylic acids is 1. The van der Waals surface area contributed by atoms with Gasteiger partial charge in [-0.15, -0.1) is 10.2 Å². The van der Waals surface area contributed by atoms with E-state index < -0.39 is 35.4 Å². The van der Waals surface area contributed by atoms with E-state index in [9.17, 15) is 45.5 Å². The normalized spacial score (nSPS) is 14.3. The third-order valence-corrected chi connectivity index (χ3v) is 8.35. The molecule has 2 saturated heterocycles. The molecule has 2 aromatic heterocycles. The van der Waals surface area contributed by atoms with E-state index >= 15 is 0 Å². The Labute approximate surface area is 339 Å². The van der Waals surface area contributed by atoms with Gasteiger partial charge in [0.2, 0.25) is 11.8 Å².